The van der Waals surface area contributed by atoms with Gasteiger partial charge in [-0.1, -0.05) is 181 Å². The zero-order chi connectivity index (χ0) is 50.2. The number of rotatable bonds is 41. The molecule has 1 saturated heterocycles. The van der Waals surface area contributed by atoms with E-state index in [4.69, 9.17) is 28.0 Å². The molecule has 18 nitrogen and oxygen atoms in total. The van der Waals surface area contributed by atoms with E-state index in [9.17, 15) is 59.9 Å². The summed E-state index contributed by atoms with van der Waals surface area (Å²) in [5.74, 6) is -1.20. The molecule has 1 aliphatic carbocycles. The van der Waals surface area contributed by atoms with Crippen LogP contribution in [0.4, 0.5) is 0 Å². The predicted octanol–water partition coefficient (Wildman–Crippen LogP) is 6.33. The lowest BCUT2D eigenvalue weighted by Crippen LogP contribution is -2.67. The molecule has 0 aromatic heterocycles. The average molecular weight is 1000 g/mol. The molecule has 2 aliphatic rings. The van der Waals surface area contributed by atoms with E-state index in [2.05, 4.69) is 13.8 Å². The Labute approximate surface area is 406 Å². The number of hydrogen-bond donors (Lipinski definition) is 9. The summed E-state index contributed by atoms with van der Waals surface area (Å²) < 4.78 is 45.5. The van der Waals surface area contributed by atoms with Crippen molar-refractivity contribution in [3.05, 3.63) is 0 Å². The number of carbonyl (C=O) groups is 2. The van der Waals surface area contributed by atoms with Gasteiger partial charge in [0.15, 0.2) is 12.4 Å². The molecule has 2 rings (SSSR count). The Hall–Kier alpha value is -1.35. The molecular formula is C49H93O18P. The quantitative estimate of drug-likeness (QED) is 0.0184. The molecule has 0 radical (unpaired) electrons. The van der Waals surface area contributed by atoms with Crippen LogP contribution in [0.25, 0.3) is 0 Å². The van der Waals surface area contributed by atoms with Gasteiger partial charge >= 0.3 is 19.8 Å². The lowest BCUT2D eigenvalue weighted by atomic mass is 9.84. The van der Waals surface area contributed by atoms with Crippen molar-refractivity contribution in [2.45, 2.75) is 280 Å². The average Bonchev–Trinajstić information content (AvgIpc) is 3.32. The van der Waals surface area contributed by atoms with E-state index < -0.39 is 113 Å². The van der Waals surface area contributed by atoms with Crippen LogP contribution < -0.4 is 0 Å². The fourth-order valence-corrected chi connectivity index (χ4v) is 9.67. The van der Waals surface area contributed by atoms with E-state index in [0.717, 1.165) is 51.4 Å². The molecule has 68 heavy (non-hydrogen) atoms. The third kappa shape index (κ3) is 25.9. The highest BCUT2D eigenvalue weighted by atomic mass is 31.2. The highest BCUT2D eigenvalue weighted by Gasteiger charge is 2.55. The highest BCUT2D eigenvalue weighted by molar-refractivity contribution is 7.47. The van der Waals surface area contributed by atoms with Gasteiger partial charge in [0.05, 0.1) is 13.2 Å². The molecule has 13 unspecified atom stereocenters. The summed E-state index contributed by atoms with van der Waals surface area (Å²) in [4.78, 5) is 36.5. The van der Waals surface area contributed by atoms with Gasteiger partial charge in [-0.2, -0.15) is 0 Å². The third-order valence-corrected chi connectivity index (χ3v) is 14.0. The minimum Gasteiger partial charge on any atom is -0.462 e. The number of esters is 2. The van der Waals surface area contributed by atoms with Crippen LogP contribution in [0.3, 0.4) is 0 Å². The number of phosphoric acid groups is 1. The van der Waals surface area contributed by atoms with Gasteiger partial charge in [0.2, 0.25) is 0 Å². The molecule has 1 saturated carbocycles. The van der Waals surface area contributed by atoms with Crippen molar-refractivity contribution in [2.24, 2.45) is 0 Å². The Bertz CT molecular complexity index is 1330. The second-order valence-electron chi connectivity index (χ2n) is 19.1. The number of carbonyl (C=O) groups excluding carboxylic acids is 2. The van der Waals surface area contributed by atoms with Gasteiger partial charge < -0.3 is 64.7 Å². The van der Waals surface area contributed by atoms with Crippen molar-refractivity contribution in [3.8, 4) is 0 Å². The Kier molecular flexibility index (Phi) is 34.5. The molecule has 1 aliphatic heterocycles. The molecule has 0 aromatic rings. The lowest BCUT2D eigenvalue weighted by Gasteiger charge is -2.47. The van der Waals surface area contributed by atoms with Crippen LogP contribution in [0.15, 0.2) is 0 Å². The van der Waals surface area contributed by atoms with Crippen LogP contribution >= 0.6 is 7.82 Å². The Morgan fingerprint density at radius 2 is 0.882 bits per heavy atom. The van der Waals surface area contributed by atoms with Gasteiger partial charge in [-0.25, -0.2) is 4.57 Å². The molecular weight excluding hydrogens is 907 g/mol. The second-order valence-corrected chi connectivity index (χ2v) is 20.5. The monoisotopic (exact) mass is 1000 g/mol. The first-order valence-corrected chi connectivity index (χ1v) is 27.9. The molecule has 0 aromatic carbocycles. The smallest absolute Gasteiger partial charge is 0.462 e. The Balaban J connectivity index is 1.90. The molecule has 0 spiro atoms. The standard InChI is InChI=1S/C49H93O18P/c1-3-5-7-9-11-13-15-16-17-18-19-20-22-23-25-27-29-31-38(51)62-34-36(64-39(52)32-30-28-26-24-21-14-12-10-8-6-4-2)35-63-68(60,61)67-48-45(58)43(56)42(55)44(57)47(48)66-49-46(59)41(54)40(53)37(33-50)65-49/h36-37,40-50,53-59H,3-35H2,1-2H3,(H,60,61). The third-order valence-electron chi connectivity index (χ3n) is 13.1. The van der Waals surface area contributed by atoms with E-state index in [1.807, 2.05) is 0 Å². The number of hydrogen-bond acceptors (Lipinski definition) is 17. The zero-order valence-electron chi connectivity index (χ0n) is 41.4. The number of aliphatic hydroxyl groups is 8. The summed E-state index contributed by atoms with van der Waals surface area (Å²) in [7, 11) is -5.37. The van der Waals surface area contributed by atoms with Crippen LogP contribution in [0.1, 0.15) is 206 Å². The zero-order valence-corrected chi connectivity index (χ0v) is 42.3. The summed E-state index contributed by atoms with van der Waals surface area (Å²) in [6.07, 6.45) is 9.04. The van der Waals surface area contributed by atoms with Gasteiger partial charge in [-0.05, 0) is 12.8 Å². The maximum atomic E-state index is 13.4. The topological polar surface area (TPSA) is 289 Å². The summed E-state index contributed by atoms with van der Waals surface area (Å²) >= 11 is 0. The summed E-state index contributed by atoms with van der Waals surface area (Å²) in [6.45, 7) is 2.24. The first-order chi connectivity index (χ1) is 32.7. The van der Waals surface area contributed by atoms with Crippen molar-refractivity contribution in [1.82, 2.24) is 0 Å². The van der Waals surface area contributed by atoms with E-state index in [-0.39, 0.29) is 12.8 Å². The van der Waals surface area contributed by atoms with Gasteiger partial charge in [-0.3, -0.25) is 18.6 Å². The van der Waals surface area contributed by atoms with E-state index in [1.54, 1.807) is 0 Å². The van der Waals surface area contributed by atoms with E-state index in [1.165, 1.54) is 116 Å². The van der Waals surface area contributed by atoms with E-state index in [0.29, 0.717) is 12.8 Å². The van der Waals surface area contributed by atoms with E-state index >= 15 is 0 Å². The number of phosphoric ester groups is 1. The fourth-order valence-electron chi connectivity index (χ4n) is 8.70. The normalized spacial score (nSPS) is 27.7. The minimum atomic E-state index is -5.37. The van der Waals surface area contributed by atoms with Gasteiger partial charge in [0.25, 0.3) is 0 Å². The summed E-state index contributed by atoms with van der Waals surface area (Å²) in [5, 5.41) is 82.9. The SMILES string of the molecule is CCCCCCCCCCCCCCCCCCCC(=O)OCC(COP(=O)(O)OC1C(O)C(O)C(O)C(O)C1OC1OC(CO)C(O)C(O)C1O)OC(=O)CCCCCCCCCCCCC. The predicted molar refractivity (Wildman–Crippen MR) is 254 cm³/mol. The van der Waals surface area contributed by atoms with Gasteiger partial charge in [0.1, 0.15) is 67.6 Å². The molecule has 0 bridgehead atoms. The molecule has 1 heterocycles. The number of unbranched alkanes of at least 4 members (excludes halogenated alkanes) is 26. The molecule has 0 amide bonds. The lowest BCUT2D eigenvalue weighted by molar-refractivity contribution is -0.338. The molecule has 19 heteroatoms. The van der Waals surface area contributed by atoms with Crippen LogP contribution in [0.2, 0.25) is 0 Å². The first kappa shape index (κ1) is 62.8. The molecule has 9 N–H and O–H groups in total. The molecule has 2 fully saturated rings. The highest BCUT2D eigenvalue weighted by Crippen LogP contribution is 2.48. The maximum absolute atomic E-state index is 13.4. The maximum Gasteiger partial charge on any atom is 0.472 e. The second kappa shape index (κ2) is 37.4. The minimum absolute atomic E-state index is 0.0390. The van der Waals surface area contributed by atoms with Crippen LogP contribution in [-0.2, 0) is 42.1 Å². The van der Waals surface area contributed by atoms with Crippen LogP contribution in [-0.4, -0.2) is 151 Å². The summed E-state index contributed by atoms with van der Waals surface area (Å²) in [6, 6.07) is 0. The van der Waals surface area contributed by atoms with Crippen molar-refractivity contribution in [1.29, 1.82) is 0 Å². The van der Waals surface area contributed by atoms with Gasteiger partial charge in [-0.15, -0.1) is 0 Å². The van der Waals surface area contributed by atoms with Crippen LogP contribution in [0, 0.1) is 0 Å². The van der Waals surface area contributed by atoms with Crippen molar-refractivity contribution < 1.29 is 87.9 Å². The van der Waals surface area contributed by atoms with Crippen molar-refractivity contribution in [2.75, 3.05) is 19.8 Å². The Morgan fingerprint density at radius 1 is 0.500 bits per heavy atom. The number of ether oxygens (including phenoxy) is 4. The van der Waals surface area contributed by atoms with Gasteiger partial charge in [0, 0.05) is 12.8 Å². The summed E-state index contributed by atoms with van der Waals surface area (Å²) in [5.41, 5.74) is 0. The fraction of sp³-hybridized carbons (Fsp3) is 0.959. The molecule has 13 atom stereocenters. The number of aliphatic hydroxyl groups excluding tert-OH is 8. The first-order valence-electron chi connectivity index (χ1n) is 26.4. The molecule has 402 valence electrons. The largest absolute Gasteiger partial charge is 0.472 e. The van der Waals surface area contributed by atoms with Crippen molar-refractivity contribution >= 4 is 19.8 Å². The Morgan fingerprint density at radius 3 is 1.31 bits per heavy atom. The van der Waals surface area contributed by atoms with Crippen LogP contribution in [0.5, 0.6) is 0 Å². The van der Waals surface area contributed by atoms with Crippen molar-refractivity contribution in [3.63, 3.8) is 0 Å².